The lowest BCUT2D eigenvalue weighted by atomic mass is 9.94. The van der Waals surface area contributed by atoms with Gasteiger partial charge in [0.1, 0.15) is 6.04 Å². The maximum Gasteiger partial charge on any atom is 0.245 e. The zero-order valence-corrected chi connectivity index (χ0v) is 20.1. The van der Waals surface area contributed by atoms with Crippen molar-refractivity contribution in [2.75, 3.05) is 13.1 Å². The lowest BCUT2D eigenvalue weighted by Crippen LogP contribution is -2.57. The number of thiophene rings is 1. The first-order valence-electron chi connectivity index (χ1n) is 10.8. The summed E-state index contributed by atoms with van der Waals surface area (Å²) < 4.78 is 0. The normalized spacial score (nSPS) is 15.9. The van der Waals surface area contributed by atoms with Crippen molar-refractivity contribution in [2.45, 2.75) is 50.6 Å². The molecule has 0 saturated carbocycles. The highest BCUT2D eigenvalue weighted by Crippen LogP contribution is 2.31. The van der Waals surface area contributed by atoms with Crippen molar-refractivity contribution in [3.05, 3.63) is 58.4 Å². The number of nitrogens with zero attached hydrogens (tertiary/aromatic N) is 1. The summed E-state index contributed by atoms with van der Waals surface area (Å²) in [6.07, 6.45) is 4.24. The molecule has 1 fully saturated rings. The summed E-state index contributed by atoms with van der Waals surface area (Å²) in [6, 6.07) is 11.6. The average molecular weight is 475 g/mol. The van der Waals surface area contributed by atoms with Gasteiger partial charge in [-0.15, -0.1) is 23.7 Å². The van der Waals surface area contributed by atoms with Gasteiger partial charge in [0.15, 0.2) is 0 Å². The van der Waals surface area contributed by atoms with Gasteiger partial charge in [-0.3, -0.25) is 9.59 Å². The molecule has 0 radical (unpaired) electrons. The standard InChI is InChI=1S/C24H30N4O2S.ClH/c1-24(2,25)23(30)27-20(14-17-15-26-19-7-4-3-6-18(17)19)22(29)28-11-9-16(10-12-28)21-8-5-13-31-21;/h3-8,13,15-16,20,26H,9-12,14,25H2,1-2H3,(H,27,30);1H. The average Bonchev–Trinajstić information content (AvgIpc) is 3.43. The number of hydrogen-bond donors (Lipinski definition) is 3. The lowest BCUT2D eigenvalue weighted by Gasteiger charge is -2.35. The van der Waals surface area contributed by atoms with E-state index in [0.29, 0.717) is 25.4 Å². The number of carbonyl (C=O) groups is 2. The Morgan fingerprint density at radius 1 is 1.22 bits per heavy atom. The molecule has 172 valence electrons. The molecule has 1 atom stereocenters. The van der Waals surface area contributed by atoms with Crippen LogP contribution in [-0.2, 0) is 16.0 Å². The van der Waals surface area contributed by atoms with E-state index < -0.39 is 11.6 Å². The summed E-state index contributed by atoms with van der Waals surface area (Å²) in [5, 5.41) is 6.10. The van der Waals surface area contributed by atoms with Gasteiger partial charge in [0.2, 0.25) is 11.8 Å². The highest BCUT2D eigenvalue weighted by Gasteiger charge is 2.33. The predicted molar refractivity (Wildman–Crippen MR) is 132 cm³/mol. The van der Waals surface area contributed by atoms with Crippen molar-refractivity contribution >= 4 is 46.5 Å². The van der Waals surface area contributed by atoms with E-state index in [-0.39, 0.29) is 24.2 Å². The van der Waals surface area contributed by atoms with Gasteiger partial charge in [-0.2, -0.15) is 0 Å². The van der Waals surface area contributed by atoms with Crippen LogP contribution in [0.1, 0.15) is 43.0 Å². The van der Waals surface area contributed by atoms with Gasteiger partial charge >= 0.3 is 0 Å². The van der Waals surface area contributed by atoms with Crippen molar-refractivity contribution in [2.24, 2.45) is 5.73 Å². The van der Waals surface area contributed by atoms with Crippen molar-refractivity contribution in [3.8, 4) is 0 Å². The van der Waals surface area contributed by atoms with Crippen LogP contribution >= 0.6 is 23.7 Å². The molecule has 0 aliphatic carbocycles. The molecule has 8 heteroatoms. The predicted octanol–water partition coefficient (Wildman–Crippen LogP) is 3.82. The van der Waals surface area contributed by atoms with Crippen LogP contribution in [0, 0.1) is 0 Å². The van der Waals surface area contributed by atoms with Crippen LogP contribution < -0.4 is 11.1 Å². The summed E-state index contributed by atoms with van der Waals surface area (Å²) in [6.45, 7) is 4.71. The molecule has 1 saturated heterocycles. The Morgan fingerprint density at radius 2 is 1.94 bits per heavy atom. The number of benzene rings is 1. The van der Waals surface area contributed by atoms with E-state index in [1.807, 2.05) is 35.4 Å². The molecule has 2 aromatic heterocycles. The number of amides is 2. The van der Waals surface area contributed by atoms with Crippen LogP contribution in [0.2, 0.25) is 0 Å². The highest BCUT2D eigenvalue weighted by atomic mass is 35.5. The van der Waals surface area contributed by atoms with Crippen LogP contribution in [0.15, 0.2) is 48.0 Å². The maximum atomic E-state index is 13.5. The van der Waals surface area contributed by atoms with Crippen molar-refractivity contribution < 1.29 is 9.59 Å². The number of piperidine rings is 1. The molecular formula is C24H31ClN4O2S. The number of nitrogens with two attached hydrogens (primary N) is 1. The van der Waals surface area contributed by atoms with Crippen molar-refractivity contribution in [3.63, 3.8) is 0 Å². The summed E-state index contributed by atoms with van der Waals surface area (Å²) >= 11 is 1.78. The molecule has 4 rings (SSSR count). The molecular weight excluding hydrogens is 444 g/mol. The summed E-state index contributed by atoms with van der Waals surface area (Å²) in [5.74, 6) is 0.153. The van der Waals surface area contributed by atoms with Gasteiger partial charge in [0.05, 0.1) is 5.54 Å². The van der Waals surface area contributed by atoms with E-state index in [1.54, 1.807) is 25.2 Å². The molecule has 0 spiro atoms. The van der Waals surface area contributed by atoms with Gasteiger partial charge in [0.25, 0.3) is 0 Å². The first-order chi connectivity index (χ1) is 14.8. The molecule has 3 heterocycles. The van der Waals surface area contributed by atoms with Crippen LogP contribution in [0.5, 0.6) is 0 Å². The zero-order chi connectivity index (χ0) is 22.0. The maximum absolute atomic E-state index is 13.5. The minimum atomic E-state index is -1.05. The quantitative estimate of drug-likeness (QED) is 0.507. The van der Waals surface area contributed by atoms with Crippen molar-refractivity contribution in [1.82, 2.24) is 15.2 Å². The van der Waals surface area contributed by atoms with Crippen LogP contribution in [0.4, 0.5) is 0 Å². The second-order valence-corrected chi connectivity index (χ2v) is 9.91. The summed E-state index contributed by atoms with van der Waals surface area (Å²) in [7, 11) is 0. The van der Waals surface area contributed by atoms with Gasteiger partial charge in [-0.25, -0.2) is 0 Å². The summed E-state index contributed by atoms with van der Waals surface area (Å²) in [5.41, 5.74) is 6.98. The highest BCUT2D eigenvalue weighted by molar-refractivity contribution is 7.10. The van der Waals surface area contributed by atoms with E-state index in [4.69, 9.17) is 5.73 Å². The number of rotatable bonds is 6. The Morgan fingerprint density at radius 3 is 2.59 bits per heavy atom. The Labute approximate surface area is 199 Å². The molecule has 0 bridgehead atoms. The fourth-order valence-electron chi connectivity index (χ4n) is 4.19. The number of halogens is 1. The number of fused-ring (bicyclic) bond motifs is 1. The molecule has 4 N–H and O–H groups in total. The molecule has 3 aromatic rings. The Bertz CT molecular complexity index is 1050. The van der Waals surface area contributed by atoms with Crippen LogP contribution in [0.25, 0.3) is 10.9 Å². The third kappa shape index (κ3) is 5.34. The number of hydrogen-bond acceptors (Lipinski definition) is 4. The minimum absolute atomic E-state index is 0. The van der Waals surface area contributed by atoms with Gasteiger partial charge in [0, 0.05) is 41.5 Å². The number of nitrogens with one attached hydrogen (secondary N) is 2. The lowest BCUT2D eigenvalue weighted by molar-refractivity contribution is -0.138. The van der Waals surface area contributed by atoms with Gasteiger partial charge < -0.3 is 20.9 Å². The molecule has 1 aliphatic heterocycles. The smallest absolute Gasteiger partial charge is 0.245 e. The number of aromatic nitrogens is 1. The largest absolute Gasteiger partial charge is 0.361 e. The van der Waals surface area contributed by atoms with Gasteiger partial charge in [-0.05, 0) is 55.7 Å². The third-order valence-corrected chi connectivity index (χ3v) is 7.07. The van der Waals surface area contributed by atoms with Gasteiger partial charge in [-0.1, -0.05) is 24.3 Å². The fraction of sp³-hybridized carbons (Fsp3) is 0.417. The first kappa shape index (κ1) is 24.3. The van der Waals surface area contributed by atoms with E-state index in [0.717, 1.165) is 29.3 Å². The number of H-pyrrole nitrogens is 1. The molecule has 6 nitrogen and oxygen atoms in total. The van der Waals surface area contributed by atoms with E-state index in [1.165, 1.54) is 4.88 Å². The number of likely N-dealkylation sites (tertiary alicyclic amines) is 1. The molecule has 1 unspecified atom stereocenters. The molecule has 1 aromatic carbocycles. The molecule has 2 amide bonds. The first-order valence-corrected chi connectivity index (χ1v) is 11.7. The SMILES string of the molecule is CC(C)(N)C(=O)NC(Cc1c[nH]c2ccccc12)C(=O)N1CCC(c2cccs2)CC1.Cl. The zero-order valence-electron chi connectivity index (χ0n) is 18.5. The minimum Gasteiger partial charge on any atom is -0.361 e. The Kier molecular flexibility index (Phi) is 7.64. The number of aromatic amines is 1. The number of para-hydroxylation sites is 1. The Hall–Kier alpha value is -2.35. The topological polar surface area (TPSA) is 91.2 Å². The second kappa shape index (κ2) is 10.1. The Balaban J connectivity index is 0.00000289. The number of carbonyl (C=O) groups excluding carboxylic acids is 2. The van der Waals surface area contributed by atoms with Crippen molar-refractivity contribution in [1.29, 1.82) is 0 Å². The summed E-state index contributed by atoms with van der Waals surface area (Å²) in [4.78, 5) is 32.7. The molecule has 32 heavy (non-hydrogen) atoms. The monoisotopic (exact) mass is 474 g/mol. The fourth-order valence-corrected chi connectivity index (χ4v) is 5.09. The van der Waals surface area contributed by atoms with E-state index >= 15 is 0 Å². The van der Waals surface area contributed by atoms with E-state index in [9.17, 15) is 9.59 Å². The van der Waals surface area contributed by atoms with Crippen LogP contribution in [-0.4, -0.2) is 46.4 Å². The van der Waals surface area contributed by atoms with E-state index in [2.05, 4.69) is 27.8 Å². The third-order valence-electron chi connectivity index (χ3n) is 6.04. The molecule has 1 aliphatic rings. The second-order valence-electron chi connectivity index (χ2n) is 8.93. The van der Waals surface area contributed by atoms with Crippen LogP contribution in [0.3, 0.4) is 0 Å².